The molecule has 0 saturated carbocycles. The second kappa shape index (κ2) is 9.22. The standard InChI is InChI=1S/C17H20N4O6/c1-10(2)13(19-14(22)12-6-4-8-27-12)15(23)20-21-17(25)16(24)18-9-11-5-3-7-26-11/h3-8,10,13H,9H2,1-2H3,(H,18,24)(H,19,22)(H,20,23)(H,21,25)/t13-/m0/s1. The van der Waals surface area contributed by atoms with Gasteiger partial charge in [-0.3, -0.25) is 30.0 Å². The van der Waals surface area contributed by atoms with E-state index in [1.54, 1.807) is 32.0 Å². The highest BCUT2D eigenvalue weighted by molar-refractivity contribution is 6.35. The van der Waals surface area contributed by atoms with Crippen molar-refractivity contribution >= 4 is 23.6 Å². The van der Waals surface area contributed by atoms with Crippen LogP contribution in [0.3, 0.4) is 0 Å². The predicted molar refractivity (Wildman–Crippen MR) is 91.6 cm³/mol. The molecule has 2 rings (SSSR count). The van der Waals surface area contributed by atoms with Gasteiger partial charge in [0.1, 0.15) is 11.8 Å². The van der Waals surface area contributed by atoms with Gasteiger partial charge >= 0.3 is 11.8 Å². The lowest BCUT2D eigenvalue weighted by molar-refractivity contribution is -0.141. The molecule has 0 saturated heterocycles. The fraction of sp³-hybridized carbons (Fsp3) is 0.294. The molecule has 0 aliphatic heterocycles. The Balaban J connectivity index is 1.82. The summed E-state index contributed by atoms with van der Waals surface area (Å²) in [5.41, 5.74) is 4.12. The van der Waals surface area contributed by atoms with Crippen LogP contribution in [0, 0.1) is 5.92 Å². The SMILES string of the molecule is CC(C)[C@H](NC(=O)c1ccco1)C(=O)NNC(=O)C(=O)NCc1ccco1. The van der Waals surface area contributed by atoms with E-state index in [1.807, 2.05) is 5.43 Å². The summed E-state index contributed by atoms with van der Waals surface area (Å²) in [7, 11) is 0. The fourth-order valence-corrected chi connectivity index (χ4v) is 2.07. The normalized spacial score (nSPS) is 11.5. The summed E-state index contributed by atoms with van der Waals surface area (Å²) >= 11 is 0. The van der Waals surface area contributed by atoms with Gasteiger partial charge in [0.25, 0.3) is 11.8 Å². The van der Waals surface area contributed by atoms with Crippen LogP contribution in [0.1, 0.15) is 30.2 Å². The van der Waals surface area contributed by atoms with Crippen molar-refractivity contribution in [2.45, 2.75) is 26.4 Å². The molecule has 2 aromatic rings. The van der Waals surface area contributed by atoms with Crippen molar-refractivity contribution in [3.8, 4) is 0 Å². The molecule has 0 unspecified atom stereocenters. The molecule has 10 nitrogen and oxygen atoms in total. The zero-order chi connectivity index (χ0) is 19.8. The van der Waals surface area contributed by atoms with Crippen LogP contribution < -0.4 is 21.5 Å². The molecule has 0 aromatic carbocycles. The predicted octanol–water partition coefficient (Wildman–Crippen LogP) is 0.0908. The van der Waals surface area contributed by atoms with Gasteiger partial charge in [-0.15, -0.1) is 0 Å². The summed E-state index contributed by atoms with van der Waals surface area (Å²) < 4.78 is 9.99. The summed E-state index contributed by atoms with van der Waals surface area (Å²) in [4.78, 5) is 47.7. The van der Waals surface area contributed by atoms with Crippen molar-refractivity contribution in [2.24, 2.45) is 5.92 Å². The number of hydrazine groups is 1. The summed E-state index contributed by atoms with van der Waals surface area (Å²) in [6.45, 7) is 3.45. The highest BCUT2D eigenvalue weighted by Crippen LogP contribution is 2.05. The zero-order valence-corrected chi connectivity index (χ0v) is 14.8. The van der Waals surface area contributed by atoms with E-state index in [0.29, 0.717) is 5.76 Å². The van der Waals surface area contributed by atoms with E-state index in [2.05, 4.69) is 16.1 Å². The third-order valence-corrected chi connectivity index (χ3v) is 3.49. The van der Waals surface area contributed by atoms with E-state index in [1.165, 1.54) is 18.6 Å². The number of carbonyl (C=O) groups excluding carboxylic acids is 4. The van der Waals surface area contributed by atoms with Crippen LogP contribution in [0.4, 0.5) is 0 Å². The summed E-state index contributed by atoms with van der Waals surface area (Å²) in [5, 5.41) is 4.84. The lowest BCUT2D eigenvalue weighted by atomic mass is 10.0. The average Bonchev–Trinajstić information content (AvgIpc) is 3.34. The van der Waals surface area contributed by atoms with Gasteiger partial charge in [0.15, 0.2) is 5.76 Å². The minimum Gasteiger partial charge on any atom is -0.467 e. The van der Waals surface area contributed by atoms with E-state index >= 15 is 0 Å². The first-order valence-electron chi connectivity index (χ1n) is 8.13. The Labute approximate surface area is 154 Å². The lowest BCUT2D eigenvalue weighted by Gasteiger charge is -2.21. The van der Waals surface area contributed by atoms with E-state index in [9.17, 15) is 19.2 Å². The van der Waals surface area contributed by atoms with Crippen molar-refractivity contribution < 1.29 is 28.0 Å². The maximum atomic E-state index is 12.2. The molecule has 10 heteroatoms. The van der Waals surface area contributed by atoms with Crippen LogP contribution in [-0.2, 0) is 20.9 Å². The van der Waals surface area contributed by atoms with Crippen LogP contribution in [0.2, 0.25) is 0 Å². The molecule has 2 aromatic heterocycles. The molecule has 0 bridgehead atoms. The van der Waals surface area contributed by atoms with Crippen LogP contribution in [-0.4, -0.2) is 29.7 Å². The minimum absolute atomic E-state index is 0.0288. The van der Waals surface area contributed by atoms with Gasteiger partial charge in [0, 0.05) is 0 Å². The Morgan fingerprint density at radius 1 is 0.963 bits per heavy atom. The monoisotopic (exact) mass is 376 g/mol. The number of hydrogen-bond donors (Lipinski definition) is 4. The molecule has 0 radical (unpaired) electrons. The lowest BCUT2D eigenvalue weighted by Crippen LogP contribution is -2.56. The first-order chi connectivity index (χ1) is 12.9. The Bertz CT molecular complexity index is 782. The van der Waals surface area contributed by atoms with Gasteiger partial charge in [-0.05, 0) is 30.2 Å². The number of carbonyl (C=O) groups is 4. The van der Waals surface area contributed by atoms with E-state index in [4.69, 9.17) is 8.83 Å². The molecule has 1 atom stereocenters. The van der Waals surface area contributed by atoms with E-state index in [0.717, 1.165) is 0 Å². The summed E-state index contributed by atoms with van der Waals surface area (Å²) in [6, 6.07) is 5.32. The van der Waals surface area contributed by atoms with Crippen molar-refractivity contribution in [3.05, 3.63) is 48.3 Å². The van der Waals surface area contributed by atoms with Crippen LogP contribution in [0.5, 0.6) is 0 Å². The number of amides is 4. The fourth-order valence-electron chi connectivity index (χ4n) is 2.07. The van der Waals surface area contributed by atoms with Crippen molar-refractivity contribution in [1.29, 1.82) is 0 Å². The maximum absolute atomic E-state index is 12.2. The van der Waals surface area contributed by atoms with Crippen molar-refractivity contribution in [2.75, 3.05) is 0 Å². The molecular formula is C17H20N4O6. The minimum atomic E-state index is -1.06. The molecule has 27 heavy (non-hydrogen) atoms. The number of nitrogens with one attached hydrogen (secondary N) is 4. The van der Waals surface area contributed by atoms with E-state index < -0.39 is 29.7 Å². The van der Waals surface area contributed by atoms with Gasteiger partial charge < -0.3 is 19.5 Å². The van der Waals surface area contributed by atoms with Gasteiger partial charge in [0.2, 0.25) is 0 Å². The molecular weight excluding hydrogens is 356 g/mol. The van der Waals surface area contributed by atoms with Crippen LogP contribution in [0.25, 0.3) is 0 Å². The van der Waals surface area contributed by atoms with Crippen molar-refractivity contribution in [1.82, 2.24) is 21.5 Å². The summed E-state index contributed by atoms with van der Waals surface area (Å²) in [5.74, 6) is -3.03. The first-order valence-corrected chi connectivity index (χ1v) is 8.13. The molecule has 4 N–H and O–H groups in total. The summed E-state index contributed by atoms with van der Waals surface area (Å²) in [6.07, 6.45) is 2.77. The topological polar surface area (TPSA) is 143 Å². The third-order valence-electron chi connectivity index (χ3n) is 3.49. The van der Waals surface area contributed by atoms with Gasteiger partial charge in [0.05, 0.1) is 19.1 Å². The van der Waals surface area contributed by atoms with Crippen molar-refractivity contribution in [3.63, 3.8) is 0 Å². The smallest absolute Gasteiger partial charge is 0.327 e. The van der Waals surface area contributed by atoms with Gasteiger partial charge in [-0.2, -0.15) is 0 Å². The molecule has 0 aliphatic carbocycles. The van der Waals surface area contributed by atoms with Crippen LogP contribution in [0.15, 0.2) is 45.6 Å². The van der Waals surface area contributed by atoms with Gasteiger partial charge in [-0.1, -0.05) is 13.8 Å². The van der Waals surface area contributed by atoms with E-state index in [-0.39, 0.29) is 18.2 Å². The number of furan rings is 2. The maximum Gasteiger partial charge on any atom is 0.327 e. The first kappa shape index (κ1) is 19.8. The number of hydrogen-bond acceptors (Lipinski definition) is 6. The third kappa shape index (κ3) is 5.73. The molecule has 0 aliphatic rings. The molecule has 4 amide bonds. The Kier molecular flexibility index (Phi) is 6.75. The average molecular weight is 376 g/mol. The Hall–Kier alpha value is -3.56. The van der Waals surface area contributed by atoms with Gasteiger partial charge in [-0.25, -0.2) is 0 Å². The second-order valence-corrected chi connectivity index (χ2v) is 5.88. The highest BCUT2D eigenvalue weighted by Gasteiger charge is 2.26. The Morgan fingerprint density at radius 2 is 1.67 bits per heavy atom. The molecule has 0 fully saturated rings. The molecule has 144 valence electrons. The molecule has 2 heterocycles. The number of rotatable bonds is 6. The molecule has 0 spiro atoms. The zero-order valence-electron chi connectivity index (χ0n) is 14.8. The highest BCUT2D eigenvalue weighted by atomic mass is 16.3. The second-order valence-electron chi connectivity index (χ2n) is 5.88. The quantitative estimate of drug-likeness (QED) is 0.416. The Morgan fingerprint density at radius 3 is 2.26 bits per heavy atom. The van der Waals surface area contributed by atoms with Crippen LogP contribution >= 0.6 is 0 Å². The largest absolute Gasteiger partial charge is 0.467 e.